The Balaban J connectivity index is 1.58. The Morgan fingerprint density at radius 2 is 1.59 bits per heavy atom. The molecule has 1 saturated heterocycles. The van der Waals surface area contributed by atoms with Crippen molar-refractivity contribution < 1.29 is 22.7 Å². The number of sulfonamides is 1. The molecule has 186 valence electrons. The molecular formula is C26H36N2O5S. The van der Waals surface area contributed by atoms with Crippen LogP contribution in [-0.2, 0) is 21.2 Å². The molecule has 1 unspecified atom stereocenters. The average molecular weight is 489 g/mol. The van der Waals surface area contributed by atoms with E-state index in [1.165, 1.54) is 0 Å². The van der Waals surface area contributed by atoms with Crippen molar-refractivity contribution in [3.8, 4) is 11.5 Å². The predicted octanol–water partition coefficient (Wildman–Crippen LogP) is 4.39. The molecule has 0 aliphatic carbocycles. The highest BCUT2D eigenvalue weighted by molar-refractivity contribution is 7.89. The number of hydrogen-bond acceptors (Lipinski definition) is 5. The molecule has 3 rings (SSSR count). The second-order valence-electron chi connectivity index (χ2n) is 8.82. The molecule has 1 N–H and O–H groups in total. The van der Waals surface area contributed by atoms with Crippen molar-refractivity contribution >= 4 is 15.9 Å². The molecule has 1 heterocycles. The highest BCUT2D eigenvalue weighted by Crippen LogP contribution is 2.33. The molecule has 1 aliphatic heterocycles. The molecule has 1 atom stereocenters. The third-order valence-electron chi connectivity index (χ3n) is 6.38. The van der Waals surface area contributed by atoms with Crippen molar-refractivity contribution in [1.29, 1.82) is 0 Å². The maximum absolute atomic E-state index is 12.9. The zero-order chi connectivity index (χ0) is 24.7. The van der Waals surface area contributed by atoms with Gasteiger partial charge in [0.25, 0.3) is 0 Å². The Bertz CT molecular complexity index is 1080. The van der Waals surface area contributed by atoms with Crippen LogP contribution in [0.15, 0.2) is 41.3 Å². The number of nitrogens with zero attached hydrogens (tertiary/aromatic N) is 1. The molecule has 7 nitrogen and oxygen atoms in total. The number of rotatable bonds is 9. The predicted molar refractivity (Wildman–Crippen MR) is 133 cm³/mol. The summed E-state index contributed by atoms with van der Waals surface area (Å²) in [6.45, 7) is 5.08. The van der Waals surface area contributed by atoms with Gasteiger partial charge in [0.1, 0.15) is 0 Å². The minimum Gasteiger partial charge on any atom is -0.493 e. The lowest BCUT2D eigenvalue weighted by molar-refractivity contribution is -0.121. The van der Waals surface area contributed by atoms with Gasteiger partial charge < -0.3 is 14.8 Å². The lowest BCUT2D eigenvalue weighted by atomic mass is 10.0. The summed E-state index contributed by atoms with van der Waals surface area (Å²) in [5, 5.41) is 3.04. The third kappa shape index (κ3) is 6.30. The van der Waals surface area contributed by atoms with Crippen LogP contribution in [0.3, 0.4) is 0 Å². The molecule has 0 saturated carbocycles. The summed E-state index contributed by atoms with van der Waals surface area (Å²) in [6.07, 6.45) is 4.83. The lowest BCUT2D eigenvalue weighted by Crippen LogP contribution is -2.31. The molecule has 0 radical (unpaired) electrons. The van der Waals surface area contributed by atoms with Crippen LogP contribution in [0.4, 0.5) is 0 Å². The van der Waals surface area contributed by atoms with Crippen molar-refractivity contribution in [1.82, 2.24) is 9.62 Å². The molecule has 1 aliphatic rings. The average Bonchev–Trinajstić information content (AvgIpc) is 3.13. The Hall–Kier alpha value is -2.58. The number of methoxy groups -OCH3 is 2. The van der Waals surface area contributed by atoms with E-state index in [-0.39, 0.29) is 11.9 Å². The van der Waals surface area contributed by atoms with E-state index in [1.807, 2.05) is 26.0 Å². The zero-order valence-electron chi connectivity index (χ0n) is 20.6. The van der Waals surface area contributed by atoms with Crippen molar-refractivity contribution in [3.05, 3.63) is 53.1 Å². The summed E-state index contributed by atoms with van der Waals surface area (Å²) in [4.78, 5) is 12.9. The van der Waals surface area contributed by atoms with Gasteiger partial charge in [0.15, 0.2) is 11.5 Å². The second-order valence-corrected chi connectivity index (χ2v) is 10.8. The molecule has 1 amide bonds. The molecule has 0 bridgehead atoms. The number of aryl methyl sites for hydroxylation is 2. The van der Waals surface area contributed by atoms with Gasteiger partial charge in [0.2, 0.25) is 15.9 Å². The second kappa shape index (κ2) is 11.7. The van der Waals surface area contributed by atoms with E-state index in [4.69, 9.17) is 9.47 Å². The molecule has 0 spiro atoms. The van der Waals surface area contributed by atoms with E-state index in [0.29, 0.717) is 42.3 Å². The fourth-order valence-corrected chi connectivity index (χ4v) is 5.89. The Morgan fingerprint density at radius 1 is 1.00 bits per heavy atom. The van der Waals surface area contributed by atoms with E-state index in [1.54, 1.807) is 42.8 Å². The fraction of sp³-hybridized carbons (Fsp3) is 0.500. The smallest absolute Gasteiger partial charge is 0.243 e. The maximum Gasteiger partial charge on any atom is 0.243 e. The summed E-state index contributed by atoms with van der Waals surface area (Å²) in [6, 6.07) is 10.5. The SMILES string of the molecule is COc1cc(C)c(C(C)NC(=O)CCc2ccc(S(=O)(=O)N3CCCCCC3)cc2)cc1OC. The van der Waals surface area contributed by atoms with Crippen LogP contribution < -0.4 is 14.8 Å². The normalized spacial score (nSPS) is 15.9. The number of benzene rings is 2. The molecule has 34 heavy (non-hydrogen) atoms. The van der Waals surface area contributed by atoms with Crippen molar-refractivity contribution in [2.75, 3.05) is 27.3 Å². The summed E-state index contributed by atoms with van der Waals surface area (Å²) in [5.41, 5.74) is 2.90. The first-order valence-corrected chi connectivity index (χ1v) is 13.3. The highest BCUT2D eigenvalue weighted by atomic mass is 32.2. The molecular weight excluding hydrogens is 452 g/mol. The van der Waals surface area contributed by atoms with Crippen LogP contribution in [0.25, 0.3) is 0 Å². The third-order valence-corrected chi connectivity index (χ3v) is 8.30. The van der Waals surface area contributed by atoms with Crippen molar-refractivity contribution in [3.63, 3.8) is 0 Å². The van der Waals surface area contributed by atoms with E-state index < -0.39 is 10.0 Å². The highest BCUT2D eigenvalue weighted by Gasteiger charge is 2.25. The van der Waals surface area contributed by atoms with E-state index in [0.717, 1.165) is 42.4 Å². The van der Waals surface area contributed by atoms with Gasteiger partial charge in [-0.3, -0.25) is 4.79 Å². The van der Waals surface area contributed by atoms with Gasteiger partial charge in [-0.15, -0.1) is 0 Å². The van der Waals surface area contributed by atoms with Gasteiger partial charge in [-0.25, -0.2) is 8.42 Å². The van der Waals surface area contributed by atoms with Crippen molar-refractivity contribution in [2.24, 2.45) is 0 Å². The molecule has 2 aromatic rings. The summed E-state index contributed by atoms with van der Waals surface area (Å²) < 4.78 is 38.2. The number of nitrogens with one attached hydrogen (secondary N) is 1. The summed E-state index contributed by atoms with van der Waals surface area (Å²) >= 11 is 0. The van der Waals surface area contributed by atoms with Crippen LogP contribution in [0.5, 0.6) is 11.5 Å². The molecule has 0 aromatic heterocycles. The largest absolute Gasteiger partial charge is 0.493 e. The topological polar surface area (TPSA) is 84.9 Å². The maximum atomic E-state index is 12.9. The Kier molecular flexibility index (Phi) is 8.97. The molecule has 2 aromatic carbocycles. The quantitative estimate of drug-likeness (QED) is 0.566. The summed E-state index contributed by atoms with van der Waals surface area (Å²) in [5.74, 6) is 1.21. The minimum absolute atomic E-state index is 0.0667. The van der Waals surface area contributed by atoms with Crippen LogP contribution in [0.1, 0.15) is 61.8 Å². The van der Waals surface area contributed by atoms with Crippen LogP contribution in [0.2, 0.25) is 0 Å². The van der Waals surface area contributed by atoms with E-state index in [2.05, 4.69) is 5.32 Å². The van der Waals surface area contributed by atoms with Crippen LogP contribution in [0, 0.1) is 6.92 Å². The van der Waals surface area contributed by atoms with E-state index in [9.17, 15) is 13.2 Å². The first kappa shape index (κ1) is 26.0. The molecule has 8 heteroatoms. The van der Waals surface area contributed by atoms with Crippen LogP contribution in [-0.4, -0.2) is 45.9 Å². The minimum atomic E-state index is -3.46. The first-order chi connectivity index (χ1) is 16.3. The van der Waals surface area contributed by atoms with Gasteiger partial charge in [-0.2, -0.15) is 4.31 Å². The van der Waals surface area contributed by atoms with Gasteiger partial charge in [-0.1, -0.05) is 25.0 Å². The number of hydrogen-bond donors (Lipinski definition) is 1. The number of ether oxygens (including phenoxy) is 2. The summed E-state index contributed by atoms with van der Waals surface area (Å²) in [7, 11) is -0.276. The van der Waals surface area contributed by atoms with Gasteiger partial charge in [0.05, 0.1) is 25.2 Å². The molecule has 1 fully saturated rings. The van der Waals surface area contributed by atoms with Gasteiger partial charge >= 0.3 is 0 Å². The zero-order valence-corrected chi connectivity index (χ0v) is 21.4. The van der Waals surface area contributed by atoms with Gasteiger partial charge in [-0.05, 0) is 74.1 Å². The number of amides is 1. The first-order valence-electron chi connectivity index (χ1n) is 11.9. The Morgan fingerprint density at radius 3 is 2.18 bits per heavy atom. The number of carbonyl (C=O) groups is 1. The van der Waals surface area contributed by atoms with Gasteiger partial charge in [0, 0.05) is 19.5 Å². The Labute approximate surface area is 203 Å². The lowest BCUT2D eigenvalue weighted by Gasteiger charge is -2.20. The standard InChI is InChI=1S/C26H36N2O5S/c1-19-17-24(32-3)25(33-4)18-23(19)20(2)27-26(29)14-11-21-9-12-22(13-10-21)34(30,31)28-15-7-5-6-8-16-28/h9-10,12-13,17-18,20H,5-8,11,14-16H2,1-4H3,(H,27,29). The van der Waals surface area contributed by atoms with Crippen molar-refractivity contribution in [2.45, 2.75) is 63.3 Å². The number of carbonyl (C=O) groups excluding carboxylic acids is 1. The monoisotopic (exact) mass is 488 g/mol. The fourth-order valence-electron chi connectivity index (χ4n) is 4.37. The van der Waals surface area contributed by atoms with Crippen LogP contribution >= 0.6 is 0 Å². The van der Waals surface area contributed by atoms with E-state index >= 15 is 0 Å².